The van der Waals surface area contributed by atoms with Crippen LogP contribution < -0.4 is 5.32 Å². The predicted molar refractivity (Wildman–Crippen MR) is 76.3 cm³/mol. The van der Waals surface area contributed by atoms with E-state index in [1.54, 1.807) is 12.1 Å². The molecule has 100 valence electrons. The molecule has 1 aliphatic rings. The van der Waals surface area contributed by atoms with E-state index in [-0.39, 0.29) is 11.6 Å². The number of rotatable bonds is 2. The van der Waals surface area contributed by atoms with Crippen LogP contribution in [-0.4, -0.2) is 16.7 Å². The van der Waals surface area contributed by atoms with E-state index in [0.29, 0.717) is 10.0 Å². The van der Waals surface area contributed by atoms with Crippen molar-refractivity contribution < 1.29 is 5.11 Å². The van der Waals surface area contributed by atoms with Crippen molar-refractivity contribution in [3.8, 4) is 0 Å². The van der Waals surface area contributed by atoms with Gasteiger partial charge in [0.1, 0.15) is 0 Å². The van der Waals surface area contributed by atoms with E-state index in [1.165, 1.54) is 0 Å². The Hall–Kier alpha value is -0.280. The molecule has 1 fully saturated rings. The molecule has 1 saturated heterocycles. The maximum absolute atomic E-state index is 10.4. The summed E-state index contributed by atoms with van der Waals surface area (Å²) in [6.07, 6.45) is 2.70. The first-order valence-corrected chi connectivity index (χ1v) is 7.05. The second-order valence-corrected chi connectivity index (χ2v) is 6.46. The molecule has 2 nitrogen and oxygen atoms in total. The lowest BCUT2D eigenvalue weighted by atomic mass is 9.86. The van der Waals surface area contributed by atoms with Crippen LogP contribution in [0.2, 0.25) is 10.0 Å². The minimum absolute atomic E-state index is 0.0750. The van der Waals surface area contributed by atoms with Gasteiger partial charge in [-0.3, -0.25) is 0 Å². The predicted octanol–water partition coefficient (Wildman–Crippen LogP) is 3.95. The van der Waals surface area contributed by atoms with Crippen LogP contribution in [-0.2, 0) is 0 Å². The fourth-order valence-electron chi connectivity index (χ4n) is 2.58. The Morgan fingerprint density at radius 2 is 2.06 bits per heavy atom. The minimum Gasteiger partial charge on any atom is -0.387 e. The van der Waals surface area contributed by atoms with Gasteiger partial charge in [-0.15, -0.1) is 0 Å². The largest absolute Gasteiger partial charge is 0.387 e. The number of aliphatic hydroxyl groups excluding tert-OH is 1. The first-order valence-electron chi connectivity index (χ1n) is 6.30. The molecular formula is C14H19Cl2NO. The lowest BCUT2D eigenvalue weighted by Crippen LogP contribution is -2.51. The summed E-state index contributed by atoms with van der Waals surface area (Å²) in [5.41, 5.74) is 0.903. The zero-order chi connectivity index (χ0) is 13.3. The van der Waals surface area contributed by atoms with Crippen LogP contribution in [0.3, 0.4) is 0 Å². The smallest absolute Gasteiger partial charge is 0.0943 e. The van der Waals surface area contributed by atoms with Crippen LogP contribution in [0.1, 0.15) is 44.8 Å². The van der Waals surface area contributed by atoms with Gasteiger partial charge in [-0.2, -0.15) is 0 Å². The SMILES string of the molecule is CC1(C)CCCC(C(O)c2ccc(Cl)c(Cl)c2)N1. The third-order valence-corrected chi connectivity index (χ3v) is 4.30. The van der Waals surface area contributed by atoms with Crippen molar-refractivity contribution in [3.63, 3.8) is 0 Å². The highest BCUT2D eigenvalue weighted by atomic mass is 35.5. The van der Waals surface area contributed by atoms with Crippen LogP contribution in [0.4, 0.5) is 0 Å². The third kappa shape index (κ3) is 3.18. The molecule has 18 heavy (non-hydrogen) atoms. The first-order chi connectivity index (χ1) is 8.39. The Kier molecular flexibility index (Phi) is 4.22. The lowest BCUT2D eigenvalue weighted by Gasteiger charge is -2.39. The third-order valence-electron chi connectivity index (χ3n) is 3.56. The second kappa shape index (κ2) is 5.38. The van der Waals surface area contributed by atoms with Gasteiger partial charge in [0.05, 0.1) is 16.1 Å². The van der Waals surface area contributed by atoms with Crippen molar-refractivity contribution in [1.82, 2.24) is 5.32 Å². The number of aliphatic hydroxyl groups is 1. The van der Waals surface area contributed by atoms with Crippen LogP contribution in [0, 0.1) is 0 Å². The van der Waals surface area contributed by atoms with Gasteiger partial charge in [0.15, 0.2) is 0 Å². The molecule has 1 aromatic rings. The Labute approximate surface area is 118 Å². The number of hydrogen-bond donors (Lipinski definition) is 2. The standard InChI is InChI=1S/C14H19Cl2NO/c1-14(2)7-3-4-12(17-14)13(18)9-5-6-10(15)11(16)8-9/h5-6,8,12-13,17-18H,3-4,7H2,1-2H3. The molecule has 0 radical (unpaired) electrons. The molecule has 0 bridgehead atoms. The molecule has 1 heterocycles. The van der Waals surface area contributed by atoms with E-state index in [9.17, 15) is 5.11 Å². The summed E-state index contributed by atoms with van der Waals surface area (Å²) in [5, 5.41) is 14.9. The van der Waals surface area contributed by atoms with Crippen LogP contribution in [0.25, 0.3) is 0 Å². The maximum Gasteiger partial charge on any atom is 0.0943 e. The molecule has 0 amide bonds. The molecule has 2 atom stereocenters. The van der Waals surface area contributed by atoms with Crippen molar-refractivity contribution in [1.29, 1.82) is 0 Å². The van der Waals surface area contributed by atoms with Crippen LogP contribution in [0.15, 0.2) is 18.2 Å². The average molecular weight is 288 g/mol. The molecule has 1 aromatic carbocycles. The molecule has 0 spiro atoms. The van der Waals surface area contributed by atoms with Gasteiger partial charge < -0.3 is 10.4 Å². The second-order valence-electron chi connectivity index (χ2n) is 5.65. The molecule has 2 unspecified atom stereocenters. The fourth-order valence-corrected chi connectivity index (χ4v) is 2.88. The zero-order valence-electron chi connectivity index (χ0n) is 10.7. The number of halogens is 2. The summed E-state index contributed by atoms with van der Waals surface area (Å²) in [4.78, 5) is 0. The maximum atomic E-state index is 10.4. The molecule has 4 heteroatoms. The van der Waals surface area contributed by atoms with Gasteiger partial charge in [0.25, 0.3) is 0 Å². The van der Waals surface area contributed by atoms with Crippen LogP contribution in [0.5, 0.6) is 0 Å². The fraction of sp³-hybridized carbons (Fsp3) is 0.571. The summed E-state index contributed by atoms with van der Waals surface area (Å²) in [6.45, 7) is 4.33. The van der Waals surface area contributed by atoms with Crippen molar-refractivity contribution >= 4 is 23.2 Å². The van der Waals surface area contributed by atoms with Gasteiger partial charge in [-0.05, 0) is 50.8 Å². The summed E-state index contributed by atoms with van der Waals surface area (Å²) in [6, 6.07) is 5.39. The van der Waals surface area contributed by atoms with E-state index in [0.717, 1.165) is 24.8 Å². The van der Waals surface area contributed by atoms with Crippen LogP contribution >= 0.6 is 23.2 Å². The van der Waals surface area contributed by atoms with E-state index < -0.39 is 6.10 Å². The highest BCUT2D eigenvalue weighted by Gasteiger charge is 2.31. The van der Waals surface area contributed by atoms with E-state index in [1.807, 2.05) is 6.07 Å². The highest BCUT2D eigenvalue weighted by Crippen LogP contribution is 2.31. The van der Waals surface area contributed by atoms with E-state index in [4.69, 9.17) is 23.2 Å². The monoisotopic (exact) mass is 287 g/mol. The summed E-state index contributed by atoms with van der Waals surface area (Å²) in [7, 11) is 0. The number of piperidine rings is 1. The molecule has 1 aliphatic heterocycles. The van der Waals surface area contributed by atoms with E-state index in [2.05, 4.69) is 19.2 Å². The normalized spacial score (nSPS) is 24.8. The Balaban J connectivity index is 2.15. The summed E-state index contributed by atoms with van der Waals surface area (Å²) < 4.78 is 0. The molecular weight excluding hydrogens is 269 g/mol. The first kappa shape index (κ1) is 14.1. The summed E-state index contributed by atoms with van der Waals surface area (Å²) >= 11 is 11.9. The van der Waals surface area contributed by atoms with Gasteiger partial charge in [0, 0.05) is 11.6 Å². The molecule has 0 aromatic heterocycles. The Morgan fingerprint density at radius 1 is 1.33 bits per heavy atom. The number of benzene rings is 1. The summed E-state index contributed by atoms with van der Waals surface area (Å²) in [5.74, 6) is 0. The lowest BCUT2D eigenvalue weighted by molar-refractivity contribution is 0.0844. The number of nitrogens with one attached hydrogen (secondary N) is 1. The molecule has 2 rings (SSSR count). The van der Waals surface area contributed by atoms with Gasteiger partial charge >= 0.3 is 0 Å². The zero-order valence-corrected chi connectivity index (χ0v) is 12.2. The average Bonchev–Trinajstić information content (AvgIpc) is 2.30. The molecule has 0 saturated carbocycles. The molecule has 2 N–H and O–H groups in total. The Morgan fingerprint density at radius 3 is 2.67 bits per heavy atom. The minimum atomic E-state index is -0.542. The number of hydrogen-bond acceptors (Lipinski definition) is 2. The van der Waals surface area contributed by atoms with Crippen molar-refractivity contribution in [2.75, 3.05) is 0 Å². The quantitative estimate of drug-likeness (QED) is 0.863. The molecule has 0 aliphatic carbocycles. The highest BCUT2D eigenvalue weighted by molar-refractivity contribution is 6.42. The van der Waals surface area contributed by atoms with Gasteiger partial charge in [-0.25, -0.2) is 0 Å². The van der Waals surface area contributed by atoms with Crippen molar-refractivity contribution in [3.05, 3.63) is 33.8 Å². The van der Waals surface area contributed by atoms with Gasteiger partial charge in [0.2, 0.25) is 0 Å². The Bertz CT molecular complexity index is 434. The van der Waals surface area contributed by atoms with Crippen molar-refractivity contribution in [2.24, 2.45) is 0 Å². The van der Waals surface area contributed by atoms with E-state index >= 15 is 0 Å². The van der Waals surface area contributed by atoms with Crippen molar-refractivity contribution in [2.45, 2.75) is 50.8 Å². The van der Waals surface area contributed by atoms with Gasteiger partial charge in [-0.1, -0.05) is 29.3 Å². The topological polar surface area (TPSA) is 32.3 Å².